The molecular formula is C14H12FNO4S. The number of nitrogens with one attached hydrogen (secondary N) is 1. The summed E-state index contributed by atoms with van der Waals surface area (Å²) in [6.45, 7) is 0. The molecule has 0 saturated carbocycles. The molecule has 1 aromatic carbocycles. The van der Waals surface area contributed by atoms with Crippen LogP contribution in [0.2, 0.25) is 0 Å². The number of carboxylic acid groups (broad SMARTS) is 1. The van der Waals surface area contributed by atoms with E-state index in [-0.39, 0.29) is 18.1 Å². The molecular weight excluding hydrogens is 297 g/mol. The van der Waals surface area contributed by atoms with Crippen LogP contribution in [0, 0.1) is 5.82 Å². The van der Waals surface area contributed by atoms with Gasteiger partial charge in [-0.2, -0.15) is 0 Å². The Balaban J connectivity index is 1.77. The minimum atomic E-state index is -1.13. The molecule has 2 aromatic rings. The second-order valence-electron chi connectivity index (χ2n) is 4.08. The van der Waals surface area contributed by atoms with Crippen molar-refractivity contribution >= 4 is 29.3 Å². The van der Waals surface area contributed by atoms with Gasteiger partial charge in [-0.3, -0.25) is 4.79 Å². The number of carbonyl (C=O) groups is 2. The summed E-state index contributed by atoms with van der Waals surface area (Å²) < 4.78 is 18.0. The number of halogens is 1. The summed E-state index contributed by atoms with van der Waals surface area (Å²) in [5, 5.41) is 11.7. The largest absolute Gasteiger partial charge is 0.475 e. The Kier molecular flexibility index (Phi) is 4.99. The molecule has 0 aliphatic rings. The molecule has 2 rings (SSSR count). The van der Waals surface area contributed by atoms with Crippen molar-refractivity contribution in [3.63, 3.8) is 0 Å². The molecule has 0 spiro atoms. The van der Waals surface area contributed by atoms with Crippen LogP contribution >= 0.6 is 11.8 Å². The van der Waals surface area contributed by atoms with Crippen LogP contribution in [-0.2, 0) is 4.79 Å². The van der Waals surface area contributed by atoms with Crippen LogP contribution in [0.15, 0.2) is 45.9 Å². The Bertz CT molecular complexity index is 656. The topological polar surface area (TPSA) is 79.5 Å². The van der Waals surface area contributed by atoms with Gasteiger partial charge in [-0.05, 0) is 30.3 Å². The minimum absolute atomic E-state index is 0.137. The standard InChI is InChI=1S/C14H12FNO4S/c15-9-2-1-3-10(8-9)16-12(17)6-7-21-13-5-4-11(20-13)14(18)19/h1-5,8H,6-7H2,(H,16,17)(H,18,19). The third-order valence-corrected chi connectivity index (χ3v) is 3.39. The van der Waals surface area contributed by atoms with Crippen LogP contribution in [0.5, 0.6) is 0 Å². The molecule has 0 fully saturated rings. The maximum atomic E-state index is 12.9. The third kappa shape index (κ3) is 4.64. The molecule has 0 unspecified atom stereocenters. The molecule has 0 saturated heterocycles. The van der Waals surface area contributed by atoms with Crippen LogP contribution < -0.4 is 5.32 Å². The van der Waals surface area contributed by atoms with Gasteiger partial charge in [0.25, 0.3) is 0 Å². The van der Waals surface area contributed by atoms with Gasteiger partial charge in [0, 0.05) is 17.9 Å². The van der Waals surface area contributed by atoms with Crippen molar-refractivity contribution in [2.24, 2.45) is 0 Å². The van der Waals surface area contributed by atoms with Crippen molar-refractivity contribution in [2.45, 2.75) is 11.5 Å². The number of carboxylic acids is 1. The SMILES string of the molecule is O=C(CCSc1ccc(C(=O)O)o1)Nc1cccc(F)c1. The summed E-state index contributed by atoms with van der Waals surface area (Å²) in [6.07, 6.45) is 0.199. The second kappa shape index (κ2) is 6.94. The number of thioether (sulfide) groups is 1. The Labute approximate surface area is 124 Å². The van der Waals surface area contributed by atoms with Gasteiger partial charge in [0.1, 0.15) is 5.82 Å². The molecule has 2 N–H and O–H groups in total. The van der Waals surface area contributed by atoms with Gasteiger partial charge in [-0.25, -0.2) is 9.18 Å². The fourth-order valence-electron chi connectivity index (χ4n) is 1.55. The van der Waals surface area contributed by atoms with Crippen LogP contribution in [-0.4, -0.2) is 22.7 Å². The van der Waals surface area contributed by atoms with E-state index < -0.39 is 11.8 Å². The van der Waals surface area contributed by atoms with Crippen LogP contribution in [0.3, 0.4) is 0 Å². The lowest BCUT2D eigenvalue weighted by molar-refractivity contribution is -0.115. The Hall–Kier alpha value is -2.28. The van der Waals surface area contributed by atoms with Gasteiger partial charge in [0.05, 0.1) is 0 Å². The zero-order valence-corrected chi connectivity index (χ0v) is 11.7. The Morgan fingerprint density at radius 1 is 1.29 bits per heavy atom. The van der Waals surface area contributed by atoms with Gasteiger partial charge in [0.15, 0.2) is 5.09 Å². The summed E-state index contributed by atoms with van der Waals surface area (Å²) in [5.41, 5.74) is 0.399. The highest BCUT2D eigenvalue weighted by molar-refractivity contribution is 7.99. The van der Waals surface area contributed by atoms with Crippen molar-refractivity contribution in [1.82, 2.24) is 0 Å². The highest BCUT2D eigenvalue weighted by atomic mass is 32.2. The predicted molar refractivity (Wildman–Crippen MR) is 76.0 cm³/mol. The van der Waals surface area contributed by atoms with E-state index in [0.717, 1.165) is 0 Å². The van der Waals surface area contributed by atoms with Gasteiger partial charge in [-0.1, -0.05) is 17.8 Å². The lowest BCUT2D eigenvalue weighted by atomic mass is 10.3. The van der Waals surface area contributed by atoms with Crippen molar-refractivity contribution < 1.29 is 23.5 Å². The monoisotopic (exact) mass is 309 g/mol. The van der Waals surface area contributed by atoms with Gasteiger partial charge in [0.2, 0.25) is 11.7 Å². The summed E-state index contributed by atoms with van der Waals surface area (Å²) in [7, 11) is 0. The maximum Gasteiger partial charge on any atom is 0.371 e. The molecule has 5 nitrogen and oxygen atoms in total. The molecule has 0 aliphatic heterocycles. The van der Waals surface area contributed by atoms with E-state index in [1.807, 2.05) is 0 Å². The maximum absolute atomic E-state index is 12.9. The van der Waals surface area contributed by atoms with Gasteiger partial charge >= 0.3 is 5.97 Å². The average molecular weight is 309 g/mol. The molecule has 1 aromatic heterocycles. The summed E-state index contributed by atoms with van der Waals surface area (Å²) in [6, 6.07) is 8.53. The van der Waals surface area contributed by atoms with Crippen molar-refractivity contribution in [3.05, 3.63) is 48.0 Å². The molecule has 110 valence electrons. The highest BCUT2D eigenvalue weighted by Crippen LogP contribution is 2.22. The van der Waals surface area contributed by atoms with E-state index in [1.165, 1.54) is 36.0 Å². The van der Waals surface area contributed by atoms with Crippen LogP contribution in [0.1, 0.15) is 17.0 Å². The smallest absolute Gasteiger partial charge is 0.371 e. The number of carbonyl (C=O) groups excluding carboxylic acids is 1. The molecule has 0 radical (unpaired) electrons. The molecule has 1 amide bonds. The average Bonchev–Trinajstić information content (AvgIpc) is 2.87. The molecule has 0 bridgehead atoms. The fourth-order valence-corrected chi connectivity index (χ4v) is 2.35. The molecule has 0 atom stereocenters. The zero-order valence-electron chi connectivity index (χ0n) is 10.8. The summed E-state index contributed by atoms with van der Waals surface area (Å²) in [4.78, 5) is 22.3. The highest BCUT2D eigenvalue weighted by Gasteiger charge is 2.10. The van der Waals surface area contributed by atoms with Crippen molar-refractivity contribution in [2.75, 3.05) is 11.1 Å². The van der Waals surface area contributed by atoms with Crippen LogP contribution in [0.25, 0.3) is 0 Å². The van der Waals surface area contributed by atoms with E-state index >= 15 is 0 Å². The minimum Gasteiger partial charge on any atom is -0.475 e. The first-order valence-electron chi connectivity index (χ1n) is 6.06. The third-order valence-electron chi connectivity index (χ3n) is 2.47. The van der Waals surface area contributed by atoms with Crippen molar-refractivity contribution in [3.8, 4) is 0 Å². The molecule has 21 heavy (non-hydrogen) atoms. The number of hydrogen-bond donors (Lipinski definition) is 2. The van der Waals surface area contributed by atoms with Crippen LogP contribution in [0.4, 0.5) is 10.1 Å². The van der Waals surface area contributed by atoms with Gasteiger partial charge in [-0.15, -0.1) is 0 Å². The lowest BCUT2D eigenvalue weighted by Gasteiger charge is -2.04. The normalized spacial score (nSPS) is 10.3. The number of furan rings is 1. The van der Waals surface area contributed by atoms with Gasteiger partial charge < -0.3 is 14.8 Å². The summed E-state index contributed by atoms with van der Waals surface area (Å²) >= 11 is 1.24. The quantitative estimate of drug-likeness (QED) is 0.801. The number of hydrogen-bond acceptors (Lipinski definition) is 4. The fraction of sp³-hybridized carbons (Fsp3) is 0.143. The number of rotatable bonds is 6. The molecule has 0 aliphatic carbocycles. The first kappa shape index (κ1) is 15.1. The molecule has 1 heterocycles. The number of aromatic carboxylic acids is 1. The van der Waals surface area contributed by atoms with E-state index in [0.29, 0.717) is 16.5 Å². The van der Waals surface area contributed by atoms with Crippen molar-refractivity contribution in [1.29, 1.82) is 0 Å². The lowest BCUT2D eigenvalue weighted by Crippen LogP contribution is -2.12. The summed E-state index contributed by atoms with van der Waals surface area (Å²) in [5.74, 6) is -1.52. The van der Waals surface area contributed by atoms with E-state index in [1.54, 1.807) is 12.1 Å². The number of anilines is 1. The predicted octanol–water partition coefficient (Wildman–Crippen LogP) is 3.24. The Morgan fingerprint density at radius 2 is 2.10 bits per heavy atom. The first-order chi connectivity index (χ1) is 10.0. The molecule has 7 heteroatoms. The number of benzene rings is 1. The first-order valence-corrected chi connectivity index (χ1v) is 7.04. The zero-order chi connectivity index (χ0) is 15.2. The second-order valence-corrected chi connectivity index (χ2v) is 5.18. The van der Waals surface area contributed by atoms with E-state index in [9.17, 15) is 14.0 Å². The Morgan fingerprint density at radius 3 is 2.76 bits per heavy atom. The van der Waals surface area contributed by atoms with E-state index in [2.05, 4.69) is 5.32 Å². The van der Waals surface area contributed by atoms with E-state index in [4.69, 9.17) is 9.52 Å². The number of amides is 1.